The van der Waals surface area contributed by atoms with Crippen molar-refractivity contribution in [2.75, 3.05) is 7.05 Å². The van der Waals surface area contributed by atoms with Gasteiger partial charge in [0.05, 0.1) is 22.2 Å². The Morgan fingerprint density at radius 3 is 2.81 bits per heavy atom. The van der Waals surface area contributed by atoms with Gasteiger partial charge in [-0.2, -0.15) is 0 Å². The molecule has 0 fully saturated rings. The Labute approximate surface area is 122 Å². The molecule has 3 rings (SSSR count). The zero-order chi connectivity index (χ0) is 15.0. The van der Waals surface area contributed by atoms with Gasteiger partial charge in [0.2, 0.25) is 0 Å². The first-order valence-corrected chi connectivity index (χ1v) is 6.75. The van der Waals surface area contributed by atoms with E-state index in [0.717, 1.165) is 22.4 Å². The van der Waals surface area contributed by atoms with Gasteiger partial charge in [-0.25, -0.2) is 9.55 Å². The summed E-state index contributed by atoms with van der Waals surface area (Å²) in [5, 5.41) is 2.67. The van der Waals surface area contributed by atoms with Crippen LogP contribution in [0.1, 0.15) is 10.4 Å². The van der Waals surface area contributed by atoms with Crippen LogP contribution in [0, 0.1) is 0 Å². The smallest absolute Gasteiger partial charge is 0.253 e. The lowest BCUT2D eigenvalue weighted by Crippen LogP contribution is -2.26. The van der Waals surface area contributed by atoms with Crippen LogP contribution in [-0.2, 0) is 14.1 Å². The Hall–Kier alpha value is -2.69. The van der Waals surface area contributed by atoms with Gasteiger partial charge in [-0.3, -0.25) is 4.79 Å². The average Bonchev–Trinajstić information content (AvgIpc) is 2.84. The number of aromatic nitrogens is 3. The number of para-hydroxylation sites is 1. The van der Waals surface area contributed by atoms with E-state index in [1.807, 2.05) is 66.0 Å². The molecule has 0 aliphatic carbocycles. The summed E-state index contributed by atoms with van der Waals surface area (Å²) in [4.78, 5) is 16.7. The first-order chi connectivity index (χ1) is 10.1. The molecule has 5 nitrogen and oxygen atoms in total. The Balaban J connectivity index is 2.28. The van der Waals surface area contributed by atoms with Crippen LogP contribution in [0.3, 0.4) is 0 Å². The molecule has 0 spiro atoms. The number of rotatable bonds is 2. The summed E-state index contributed by atoms with van der Waals surface area (Å²) >= 11 is 0. The largest absolute Gasteiger partial charge is 0.355 e. The fourth-order valence-corrected chi connectivity index (χ4v) is 2.57. The highest BCUT2D eigenvalue weighted by Crippen LogP contribution is 2.25. The molecular weight excluding hydrogens is 264 g/mol. The number of benzene rings is 1. The van der Waals surface area contributed by atoms with E-state index in [0.29, 0.717) is 5.56 Å². The molecule has 2 heterocycles. The number of carbonyl (C=O) groups excluding carboxylic acids is 1. The summed E-state index contributed by atoms with van der Waals surface area (Å²) in [5.74, 6) is 0.742. The molecule has 0 saturated heterocycles. The van der Waals surface area contributed by atoms with Crippen molar-refractivity contribution in [3.05, 3.63) is 48.3 Å². The maximum Gasteiger partial charge on any atom is 0.253 e. The van der Waals surface area contributed by atoms with Crippen LogP contribution in [0.5, 0.6) is 0 Å². The van der Waals surface area contributed by atoms with Crippen LogP contribution in [-0.4, -0.2) is 22.5 Å². The molecule has 0 atom stereocenters. The summed E-state index contributed by atoms with van der Waals surface area (Å²) in [7, 11) is 5.54. The lowest BCUT2D eigenvalue weighted by atomic mass is 10.1. The molecule has 0 unspecified atom stereocenters. The summed E-state index contributed by atoms with van der Waals surface area (Å²) in [6.45, 7) is 0. The Morgan fingerprint density at radius 2 is 2.10 bits per heavy atom. The summed E-state index contributed by atoms with van der Waals surface area (Å²) in [6, 6.07) is 9.59. The van der Waals surface area contributed by atoms with E-state index >= 15 is 0 Å². The van der Waals surface area contributed by atoms with Crippen LogP contribution < -0.4 is 9.88 Å². The standard InChI is InChI=1S/C16H16N4O/c1-17-16(21)12-7-4-8-13-14(12)20(3)15(18-13)11-6-5-9-19(2)10-11/h4-10H,1-3H3/p+1. The SMILES string of the molecule is CNC(=O)c1cccc2nc(-c3ccc[n+](C)c3)n(C)c12. The number of hydrogen-bond acceptors (Lipinski definition) is 2. The third-order valence-corrected chi connectivity index (χ3v) is 3.56. The molecule has 3 aromatic rings. The van der Waals surface area contributed by atoms with Crippen molar-refractivity contribution in [3.63, 3.8) is 0 Å². The van der Waals surface area contributed by atoms with Crippen LogP contribution in [0.25, 0.3) is 22.4 Å². The lowest BCUT2D eigenvalue weighted by molar-refractivity contribution is -0.671. The number of carbonyl (C=O) groups is 1. The summed E-state index contributed by atoms with van der Waals surface area (Å²) in [6.07, 6.45) is 3.99. The first kappa shape index (κ1) is 13.3. The second kappa shape index (κ2) is 5.01. The van der Waals surface area contributed by atoms with Crippen molar-refractivity contribution in [3.8, 4) is 11.4 Å². The Kier molecular flexibility index (Phi) is 3.17. The molecule has 5 heteroatoms. The van der Waals surface area contributed by atoms with Gasteiger partial charge in [-0.05, 0) is 18.2 Å². The van der Waals surface area contributed by atoms with Crippen molar-refractivity contribution in [1.29, 1.82) is 0 Å². The van der Waals surface area contributed by atoms with Crippen molar-refractivity contribution in [2.24, 2.45) is 14.1 Å². The second-order valence-electron chi connectivity index (χ2n) is 5.00. The molecule has 2 aromatic heterocycles. The zero-order valence-corrected chi connectivity index (χ0v) is 12.3. The number of imidazole rings is 1. The summed E-state index contributed by atoms with van der Waals surface area (Å²) < 4.78 is 3.95. The predicted octanol–water partition coefficient (Wildman–Crippen LogP) is 1.42. The Bertz CT molecular complexity index is 835. The third-order valence-electron chi connectivity index (χ3n) is 3.56. The van der Waals surface area contributed by atoms with Crippen molar-refractivity contribution in [2.45, 2.75) is 0 Å². The van der Waals surface area contributed by atoms with Gasteiger partial charge in [0.25, 0.3) is 5.91 Å². The number of amides is 1. The predicted molar refractivity (Wildman–Crippen MR) is 80.7 cm³/mol. The number of hydrogen-bond donors (Lipinski definition) is 1. The fourth-order valence-electron chi connectivity index (χ4n) is 2.57. The monoisotopic (exact) mass is 281 g/mol. The Morgan fingerprint density at radius 1 is 1.29 bits per heavy atom. The normalized spacial score (nSPS) is 10.8. The van der Waals surface area contributed by atoms with E-state index in [9.17, 15) is 4.79 Å². The number of aryl methyl sites for hydroxylation is 2. The fraction of sp³-hybridized carbons (Fsp3) is 0.188. The maximum atomic E-state index is 12.0. The number of pyridine rings is 1. The molecule has 1 aromatic carbocycles. The molecule has 0 bridgehead atoms. The topological polar surface area (TPSA) is 50.8 Å². The van der Waals surface area contributed by atoms with Gasteiger partial charge < -0.3 is 9.88 Å². The molecular formula is C16H17N4O+. The average molecular weight is 281 g/mol. The minimum absolute atomic E-state index is 0.103. The van der Waals surface area contributed by atoms with Crippen LogP contribution in [0.4, 0.5) is 0 Å². The van der Waals surface area contributed by atoms with E-state index < -0.39 is 0 Å². The number of fused-ring (bicyclic) bond motifs is 1. The van der Waals surface area contributed by atoms with Crippen molar-refractivity contribution < 1.29 is 9.36 Å². The molecule has 0 radical (unpaired) electrons. The van der Waals surface area contributed by atoms with Gasteiger partial charge >= 0.3 is 0 Å². The van der Waals surface area contributed by atoms with Crippen LogP contribution in [0.2, 0.25) is 0 Å². The van der Waals surface area contributed by atoms with Crippen molar-refractivity contribution in [1.82, 2.24) is 14.9 Å². The van der Waals surface area contributed by atoms with Gasteiger partial charge in [0.1, 0.15) is 12.9 Å². The maximum absolute atomic E-state index is 12.0. The molecule has 1 N–H and O–H groups in total. The third kappa shape index (κ3) is 2.16. The minimum atomic E-state index is -0.103. The molecule has 1 amide bonds. The van der Waals surface area contributed by atoms with Gasteiger partial charge in [0.15, 0.2) is 12.4 Å². The zero-order valence-electron chi connectivity index (χ0n) is 12.3. The van der Waals surface area contributed by atoms with E-state index in [2.05, 4.69) is 10.3 Å². The number of nitrogens with zero attached hydrogens (tertiary/aromatic N) is 3. The van der Waals surface area contributed by atoms with Gasteiger partial charge in [-0.1, -0.05) is 6.07 Å². The minimum Gasteiger partial charge on any atom is -0.355 e. The van der Waals surface area contributed by atoms with E-state index in [1.54, 1.807) is 7.05 Å². The second-order valence-corrected chi connectivity index (χ2v) is 5.00. The van der Waals surface area contributed by atoms with E-state index in [-0.39, 0.29) is 5.91 Å². The summed E-state index contributed by atoms with van der Waals surface area (Å²) in [5.41, 5.74) is 3.32. The molecule has 21 heavy (non-hydrogen) atoms. The molecule has 0 aliphatic heterocycles. The number of nitrogens with one attached hydrogen (secondary N) is 1. The molecule has 0 aliphatic rings. The van der Waals surface area contributed by atoms with Crippen LogP contribution in [0.15, 0.2) is 42.7 Å². The van der Waals surface area contributed by atoms with E-state index in [1.165, 1.54) is 0 Å². The lowest BCUT2D eigenvalue weighted by Gasteiger charge is -2.05. The molecule has 106 valence electrons. The quantitative estimate of drug-likeness (QED) is 0.722. The van der Waals surface area contributed by atoms with Gasteiger partial charge in [-0.15, -0.1) is 0 Å². The van der Waals surface area contributed by atoms with E-state index in [4.69, 9.17) is 0 Å². The first-order valence-electron chi connectivity index (χ1n) is 6.75. The van der Waals surface area contributed by atoms with Crippen LogP contribution >= 0.6 is 0 Å². The highest BCUT2D eigenvalue weighted by atomic mass is 16.1. The van der Waals surface area contributed by atoms with Crippen molar-refractivity contribution >= 4 is 16.9 Å². The molecule has 0 saturated carbocycles. The highest BCUT2D eigenvalue weighted by Gasteiger charge is 2.17. The van der Waals surface area contributed by atoms with Gasteiger partial charge in [0, 0.05) is 20.2 Å². The highest BCUT2D eigenvalue weighted by molar-refractivity contribution is 6.05.